The Kier molecular flexibility index (Phi) is 2.87. The highest BCUT2D eigenvalue weighted by Crippen LogP contribution is 2.20. The van der Waals surface area contributed by atoms with Crippen LogP contribution >= 0.6 is 0 Å². The second-order valence-electron chi connectivity index (χ2n) is 3.30. The first kappa shape index (κ1) is 9.98. The summed E-state index contributed by atoms with van der Waals surface area (Å²) < 4.78 is 0. The Morgan fingerprint density at radius 2 is 2.46 bits per heavy atom. The molecule has 0 spiro atoms. The molecule has 0 aliphatic carbocycles. The van der Waals surface area contributed by atoms with Crippen molar-refractivity contribution in [2.45, 2.75) is 18.9 Å². The fourth-order valence-electron chi connectivity index (χ4n) is 1.50. The minimum Gasteiger partial charge on any atom is -0.396 e. The summed E-state index contributed by atoms with van der Waals surface area (Å²) in [4.78, 5) is 23.5. The third-order valence-corrected chi connectivity index (χ3v) is 2.49. The number of rotatable bonds is 3. The molecule has 1 unspecified atom stereocenters. The van der Waals surface area contributed by atoms with E-state index < -0.39 is 5.54 Å². The van der Waals surface area contributed by atoms with Crippen molar-refractivity contribution < 1.29 is 14.7 Å². The van der Waals surface area contributed by atoms with E-state index in [1.165, 1.54) is 4.90 Å². The molecule has 5 nitrogen and oxygen atoms in total. The van der Waals surface area contributed by atoms with Crippen molar-refractivity contribution in [1.82, 2.24) is 10.2 Å². The fourth-order valence-corrected chi connectivity index (χ4v) is 1.50. The van der Waals surface area contributed by atoms with Crippen LogP contribution in [0.3, 0.4) is 0 Å². The Bertz CT molecular complexity index is 219. The topological polar surface area (TPSA) is 69.6 Å². The maximum absolute atomic E-state index is 11.5. The second kappa shape index (κ2) is 3.74. The van der Waals surface area contributed by atoms with Gasteiger partial charge in [-0.2, -0.15) is 0 Å². The maximum Gasteiger partial charge on any atom is 0.245 e. The minimum absolute atomic E-state index is 0.103. The van der Waals surface area contributed by atoms with Gasteiger partial charge in [0.1, 0.15) is 5.54 Å². The second-order valence-corrected chi connectivity index (χ2v) is 3.30. The summed E-state index contributed by atoms with van der Waals surface area (Å²) in [6.45, 7) is 2.55. The number of carbonyl (C=O) groups is 2. The Labute approximate surface area is 76.7 Å². The van der Waals surface area contributed by atoms with E-state index in [1.807, 2.05) is 0 Å². The van der Waals surface area contributed by atoms with Crippen LogP contribution in [0.1, 0.15) is 13.3 Å². The quantitative estimate of drug-likeness (QED) is 0.539. The van der Waals surface area contributed by atoms with Crippen molar-refractivity contribution >= 4 is 12.3 Å². The molecule has 1 saturated heterocycles. The third-order valence-electron chi connectivity index (χ3n) is 2.49. The largest absolute Gasteiger partial charge is 0.396 e. The summed E-state index contributed by atoms with van der Waals surface area (Å²) in [5, 5.41) is 11.5. The lowest BCUT2D eigenvalue weighted by atomic mass is 9.93. The zero-order valence-electron chi connectivity index (χ0n) is 7.62. The van der Waals surface area contributed by atoms with E-state index >= 15 is 0 Å². The van der Waals surface area contributed by atoms with Crippen LogP contribution in [0.25, 0.3) is 0 Å². The Hall–Kier alpha value is -1.10. The van der Waals surface area contributed by atoms with Gasteiger partial charge in [0.25, 0.3) is 0 Å². The molecule has 0 saturated carbocycles. The first-order valence-electron chi connectivity index (χ1n) is 4.26. The van der Waals surface area contributed by atoms with Gasteiger partial charge in [0.05, 0.1) is 0 Å². The Morgan fingerprint density at radius 1 is 1.77 bits per heavy atom. The Balaban J connectivity index is 2.83. The molecule has 0 aromatic carbocycles. The number of piperazine rings is 1. The van der Waals surface area contributed by atoms with Crippen molar-refractivity contribution in [2.24, 2.45) is 0 Å². The molecule has 1 rings (SSSR count). The van der Waals surface area contributed by atoms with E-state index in [2.05, 4.69) is 5.32 Å². The average molecular weight is 186 g/mol. The summed E-state index contributed by atoms with van der Waals surface area (Å²) in [6, 6.07) is 0. The number of amides is 2. The number of nitrogens with zero attached hydrogens (tertiary/aromatic N) is 1. The van der Waals surface area contributed by atoms with Gasteiger partial charge in [-0.3, -0.25) is 9.59 Å². The summed E-state index contributed by atoms with van der Waals surface area (Å²) in [5.41, 5.74) is -0.880. The molecule has 1 fully saturated rings. The SMILES string of the molecule is CC1(CCO)C(=O)NCCN1C=O. The van der Waals surface area contributed by atoms with Gasteiger partial charge in [-0.05, 0) is 6.92 Å². The van der Waals surface area contributed by atoms with Gasteiger partial charge < -0.3 is 15.3 Å². The van der Waals surface area contributed by atoms with E-state index in [0.717, 1.165) is 0 Å². The molecule has 2 amide bonds. The third kappa shape index (κ3) is 1.65. The number of hydrogen-bond acceptors (Lipinski definition) is 3. The van der Waals surface area contributed by atoms with Gasteiger partial charge in [0.15, 0.2) is 0 Å². The predicted octanol–water partition coefficient (Wildman–Crippen LogP) is -1.28. The van der Waals surface area contributed by atoms with Crippen LogP contribution in [0.15, 0.2) is 0 Å². The van der Waals surface area contributed by atoms with Crippen LogP contribution in [-0.4, -0.2) is 47.6 Å². The molecular formula is C8H14N2O3. The van der Waals surface area contributed by atoms with Crippen molar-refractivity contribution in [3.05, 3.63) is 0 Å². The van der Waals surface area contributed by atoms with Gasteiger partial charge >= 0.3 is 0 Å². The zero-order valence-corrected chi connectivity index (χ0v) is 7.62. The van der Waals surface area contributed by atoms with Crippen LogP contribution in [0.4, 0.5) is 0 Å². The summed E-state index contributed by atoms with van der Waals surface area (Å²) in [6.07, 6.45) is 0.936. The standard InChI is InChI=1S/C8H14N2O3/c1-8(2-5-11)7(13)9-3-4-10(8)6-12/h6,11H,2-5H2,1H3,(H,9,13). The van der Waals surface area contributed by atoms with Gasteiger partial charge in [-0.15, -0.1) is 0 Å². The average Bonchev–Trinajstić information content (AvgIpc) is 2.10. The number of aliphatic hydroxyl groups is 1. The number of aliphatic hydroxyl groups excluding tert-OH is 1. The van der Waals surface area contributed by atoms with E-state index in [-0.39, 0.29) is 18.9 Å². The highest BCUT2D eigenvalue weighted by atomic mass is 16.3. The molecule has 0 radical (unpaired) electrons. The lowest BCUT2D eigenvalue weighted by Crippen LogP contribution is -2.63. The van der Waals surface area contributed by atoms with E-state index in [4.69, 9.17) is 5.11 Å². The van der Waals surface area contributed by atoms with Gasteiger partial charge in [0.2, 0.25) is 12.3 Å². The van der Waals surface area contributed by atoms with Crippen LogP contribution in [0, 0.1) is 0 Å². The van der Waals surface area contributed by atoms with Crippen molar-refractivity contribution in [2.75, 3.05) is 19.7 Å². The molecule has 1 atom stereocenters. The highest BCUT2D eigenvalue weighted by Gasteiger charge is 2.40. The first-order valence-corrected chi connectivity index (χ1v) is 4.26. The fraction of sp³-hybridized carbons (Fsp3) is 0.750. The van der Waals surface area contributed by atoms with Crippen molar-refractivity contribution in [3.8, 4) is 0 Å². The van der Waals surface area contributed by atoms with Crippen LogP contribution < -0.4 is 5.32 Å². The molecule has 0 bridgehead atoms. The molecule has 13 heavy (non-hydrogen) atoms. The van der Waals surface area contributed by atoms with E-state index in [9.17, 15) is 9.59 Å². The van der Waals surface area contributed by atoms with Crippen molar-refractivity contribution in [1.29, 1.82) is 0 Å². The van der Waals surface area contributed by atoms with Crippen LogP contribution in [0.2, 0.25) is 0 Å². The lowest BCUT2D eigenvalue weighted by Gasteiger charge is -2.41. The van der Waals surface area contributed by atoms with E-state index in [1.54, 1.807) is 6.92 Å². The molecule has 1 aliphatic heterocycles. The number of hydrogen-bond donors (Lipinski definition) is 2. The first-order chi connectivity index (χ1) is 6.15. The van der Waals surface area contributed by atoms with Gasteiger partial charge in [-0.25, -0.2) is 0 Å². The molecule has 2 N–H and O–H groups in total. The lowest BCUT2D eigenvalue weighted by molar-refractivity contribution is -0.144. The molecule has 74 valence electrons. The van der Waals surface area contributed by atoms with E-state index in [0.29, 0.717) is 19.5 Å². The molecule has 0 aromatic rings. The molecule has 1 heterocycles. The molecular weight excluding hydrogens is 172 g/mol. The normalized spacial score (nSPS) is 28.5. The molecule has 0 aromatic heterocycles. The molecule has 5 heteroatoms. The van der Waals surface area contributed by atoms with Gasteiger partial charge in [-0.1, -0.05) is 0 Å². The number of carbonyl (C=O) groups excluding carboxylic acids is 2. The highest BCUT2D eigenvalue weighted by molar-refractivity contribution is 5.88. The zero-order chi connectivity index (χ0) is 9.90. The predicted molar refractivity (Wildman–Crippen MR) is 45.9 cm³/mol. The van der Waals surface area contributed by atoms with Crippen molar-refractivity contribution in [3.63, 3.8) is 0 Å². The monoisotopic (exact) mass is 186 g/mol. The smallest absolute Gasteiger partial charge is 0.245 e. The van der Waals surface area contributed by atoms with Crippen LogP contribution in [-0.2, 0) is 9.59 Å². The summed E-state index contributed by atoms with van der Waals surface area (Å²) >= 11 is 0. The molecule has 1 aliphatic rings. The maximum atomic E-state index is 11.5. The Morgan fingerprint density at radius 3 is 3.00 bits per heavy atom. The summed E-state index contributed by atoms with van der Waals surface area (Å²) in [7, 11) is 0. The van der Waals surface area contributed by atoms with Crippen LogP contribution in [0.5, 0.6) is 0 Å². The minimum atomic E-state index is -0.880. The number of nitrogens with one attached hydrogen (secondary N) is 1. The summed E-state index contributed by atoms with van der Waals surface area (Å²) in [5.74, 6) is -0.195. The van der Waals surface area contributed by atoms with Gasteiger partial charge in [0, 0.05) is 26.1 Å².